The van der Waals surface area contributed by atoms with Crippen molar-refractivity contribution in [3.05, 3.63) is 40.6 Å². The van der Waals surface area contributed by atoms with E-state index >= 15 is 0 Å². The summed E-state index contributed by atoms with van der Waals surface area (Å²) in [6.45, 7) is -0.0266. The maximum absolute atomic E-state index is 12.0. The smallest absolute Gasteiger partial charge is 0.307 e. The van der Waals surface area contributed by atoms with E-state index in [9.17, 15) is 9.59 Å². The zero-order chi connectivity index (χ0) is 15.9. The van der Waals surface area contributed by atoms with Crippen molar-refractivity contribution in [2.45, 2.75) is 19.0 Å². The highest BCUT2D eigenvalue weighted by atomic mass is 79.9. The van der Waals surface area contributed by atoms with Crippen molar-refractivity contribution in [2.24, 2.45) is 0 Å². The van der Waals surface area contributed by atoms with E-state index in [4.69, 9.17) is 0 Å². The highest BCUT2D eigenvalue weighted by molar-refractivity contribution is 9.10. The van der Waals surface area contributed by atoms with E-state index in [-0.39, 0.29) is 18.9 Å². The Morgan fingerprint density at radius 3 is 2.68 bits per heavy atom. The van der Waals surface area contributed by atoms with Crippen molar-refractivity contribution in [2.75, 3.05) is 7.11 Å². The Kier molecular flexibility index (Phi) is 5.59. The summed E-state index contributed by atoms with van der Waals surface area (Å²) in [4.78, 5) is 23.6. The number of hydrogen-bond acceptors (Lipinski definition) is 6. The largest absolute Gasteiger partial charge is 0.469 e. The van der Waals surface area contributed by atoms with Crippen LogP contribution < -0.4 is 5.32 Å². The number of methoxy groups -OCH3 is 1. The maximum Gasteiger partial charge on any atom is 0.307 e. The number of nitrogens with zero attached hydrogens (tertiary/aromatic N) is 4. The fraction of sp³-hybridized carbons (Fsp3) is 0.308. The molecule has 0 saturated heterocycles. The van der Waals surface area contributed by atoms with Crippen LogP contribution in [0.1, 0.15) is 18.0 Å². The molecule has 1 heterocycles. The molecule has 0 bridgehead atoms. The first kappa shape index (κ1) is 16.1. The van der Waals surface area contributed by atoms with Gasteiger partial charge in [0, 0.05) is 4.47 Å². The molecule has 1 N–H and O–H groups in total. The minimum atomic E-state index is -0.482. The maximum atomic E-state index is 12.0. The summed E-state index contributed by atoms with van der Waals surface area (Å²) in [5.41, 5.74) is 0.804. The second-order valence-electron chi connectivity index (χ2n) is 4.46. The van der Waals surface area contributed by atoms with Gasteiger partial charge in [-0.1, -0.05) is 28.1 Å². The molecule has 0 spiro atoms. The van der Waals surface area contributed by atoms with Crippen molar-refractivity contribution in [3.8, 4) is 0 Å². The number of aromatic nitrogens is 4. The van der Waals surface area contributed by atoms with Gasteiger partial charge in [0.05, 0.1) is 19.6 Å². The van der Waals surface area contributed by atoms with Gasteiger partial charge in [-0.2, -0.15) is 0 Å². The molecule has 0 saturated carbocycles. The lowest BCUT2D eigenvalue weighted by molar-refractivity contribution is -0.141. The van der Waals surface area contributed by atoms with E-state index in [1.807, 2.05) is 24.3 Å². The number of halogens is 1. The van der Waals surface area contributed by atoms with Crippen LogP contribution in [0, 0.1) is 0 Å². The Balaban J connectivity index is 2.08. The second-order valence-corrected chi connectivity index (χ2v) is 5.37. The molecule has 1 aromatic carbocycles. The topological polar surface area (TPSA) is 99.0 Å². The summed E-state index contributed by atoms with van der Waals surface area (Å²) >= 11 is 3.35. The zero-order valence-electron chi connectivity index (χ0n) is 11.8. The van der Waals surface area contributed by atoms with E-state index < -0.39 is 12.0 Å². The third kappa shape index (κ3) is 4.62. The van der Waals surface area contributed by atoms with Crippen molar-refractivity contribution < 1.29 is 14.3 Å². The van der Waals surface area contributed by atoms with E-state index in [0.717, 1.165) is 10.0 Å². The standard InChI is InChI=1S/C13H14BrN5O3/c1-22-13(21)6-11(9-2-4-10(14)5-3-9)16-12(20)7-19-8-15-17-18-19/h2-5,8,11H,6-7H2,1H3,(H,16,20). The van der Waals surface area contributed by atoms with E-state index in [1.165, 1.54) is 18.1 Å². The van der Waals surface area contributed by atoms with Crippen LogP contribution in [0.3, 0.4) is 0 Å². The number of amides is 1. The molecule has 0 aliphatic carbocycles. The molecular formula is C13H14BrN5O3. The molecule has 0 aliphatic rings. The Morgan fingerprint density at radius 1 is 1.36 bits per heavy atom. The van der Waals surface area contributed by atoms with Gasteiger partial charge in [0.2, 0.25) is 5.91 Å². The first-order chi connectivity index (χ1) is 10.6. The summed E-state index contributed by atoms with van der Waals surface area (Å²) in [6, 6.07) is 6.86. The Morgan fingerprint density at radius 2 is 2.09 bits per heavy atom. The third-order valence-electron chi connectivity index (χ3n) is 2.90. The van der Waals surface area contributed by atoms with E-state index in [1.54, 1.807) is 0 Å². The Bertz CT molecular complexity index is 630. The predicted molar refractivity (Wildman–Crippen MR) is 79.5 cm³/mol. The van der Waals surface area contributed by atoms with Crippen LogP contribution in [0.2, 0.25) is 0 Å². The van der Waals surface area contributed by atoms with Gasteiger partial charge in [-0.25, -0.2) is 4.68 Å². The average Bonchev–Trinajstić information content (AvgIpc) is 3.00. The third-order valence-corrected chi connectivity index (χ3v) is 3.43. The number of carbonyl (C=O) groups excluding carboxylic acids is 2. The molecule has 1 atom stereocenters. The molecule has 0 aliphatic heterocycles. The monoisotopic (exact) mass is 367 g/mol. The molecule has 8 nitrogen and oxygen atoms in total. The van der Waals surface area contributed by atoms with Gasteiger partial charge >= 0.3 is 5.97 Å². The van der Waals surface area contributed by atoms with Gasteiger partial charge in [0.25, 0.3) is 0 Å². The van der Waals surface area contributed by atoms with Gasteiger partial charge in [-0.3, -0.25) is 9.59 Å². The Labute approximate surface area is 135 Å². The van der Waals surface area contributed by atoms with Crippen LogP contribution >= 0.6 is 15.9 Å². The molecule has 22 heavy (non-hydrogen) atoms. The fourth-order valence-electron chi connectivity index (χ4n) is 1.84. The molecular weight excluding hydrogens is 354 g/mol. The quantitative estimate of drug-likeness (QED) is 0.760. The SMILES string of the molecule is COC(=O)CC(NC(=O)Cn1cnnn1)c1ccc(Br)cc1. The van der Waals surface area contributed by atoms with Crippen LogP contribution in [0.15, 0.2) is 35.1 Å². The summed E-state index contributed by atoms with van der Waals surface area (Å²) < 4.78 is 6.88. The lowest BCUT2D eigenvalue weighted by Crippen LogP contribution is -2.33. The summed E-state index contributed by atoms with van der Waals surface area (Å²) in [7, 11) is 1.31. The van der Waals surface area contributed by atoms with Gasteiger partial charge < -0.3 is 10.1 Å². The zero-order valence-corrected chi connectivity index (χ0v) is 13.4. The first-order valence-corrected chi connectivity index (χ1v) is 7.20. The first-order valence-electron chi connectivity index (χ1n) is 6.41. The van der Waals surface area contributed by atoms with E-state index in [2.05, 4.69) is 41.5 Å². The molecule has 2 aromatic rings. The normalized spacial score (nSPS) is 11.7. The minimum absolute atomic E-state index is 0.0266. The highest BCUT2D eigenvalue weighted by Gasteiger charge is 2.19. The van der Waals surface area contributed by atoms with Crippen molar-refractivity contribution >= 4 is 27.8 Å². The molecule has 0 radical (unpaired) electrons. The number of carbonyl (C=O) groups is 2. The number of tetrazole rings is 1. The summed E-state index contributed by atoms with van der Waals surface area (Å²) in [6.07, 6.45) is 1.38. The minimum Gasteiger partial charge on any atom is -0.469 e. The predicted octanol–water partition coefficient (Wildman–Crippen LogP) is 0.856. The molecule has 1 aromatic heterocycles. The molecule has 1 unspecified atom stereocenters. The number of rotatable bonds is 6. The fourth-order valence-corrected chi connectivity index (χ4v) is 2.10. The number of hydrogen-bond donors (Lipinski definition) is 1. The lowest BCUT2D eigenvalue weighted by Gasteiger charge is -2.18. The van der Waals surface area contributed by atoms with Crippen molar-refractivity contribution in [3.63, 3.8) is 0 Å². The van der Waals surface area contributed by atoms with Crippen LogP contribution in [0.4, 0.5) is 0 Å². The van der Waals surface area contributed by atoms with Gasteiger partial charge in [0.1, 0.15) is 12.9 Å². The van der Waals surface area contributed by atoms with Crippen molar-refractivity contribution in [1.29, 1.82) is 0 Å². The molecule has 9 heteroatoms. The van der Waals surface area contributed by atoms with Crippen LogP contribution in [-0.2, 0) is 20.9 Å². The number of nitrogens with one attached hydrogen (secondary N) is 1. The Hall–Kier alpha value is -2.29. The van der Waals surface area contributed by atoms with Gasteiger partial charge in [0.15, 0.2) is 0 Å². The van der Waals surface area contributed by atoms with Crippen LogP contribution in [0.25, 0.3) is 0 Å². The second kappa shape index (κ2) is 7.64. The molecule has 1 amide bonds. The molecule has 0 fully saturated rings. The average molecular weight is 368 g/mol. The van der Waals surface area contributed by atoms with Crippen molar-refractivity contribution in [1.82, 2.24) is 25.5 Å². The summed E-state index contributed by atoms with van der Waals surface area (Å²) in [5, 5.41) is 13.3. The van der Waals surface area contributed by atoms with E-state index in [0.29, 0.717) is 0 Å². The number of esters is 1. The van der Waals surface area contributed by atoms with Gasteiger partial charge in [-0.15, -0.1) is 5.10 Å². The summed E-state index contributed by atoms with van der Waals surface area (Å²) in [5.74, 6) is -0.709. The number of benzene rings is 1. The molecule has 2 rings (SSSR count). The number of ether oxygens (including phenoxy) is 1. The lowest BCUT2D eigenvalue weighted by atomic mass is 10.0. The van der Waals surface area contributed by atoms with Gasteiger partial charge in [-0.05, 0) is 28.1 Å². The highest BCUT2D eigenvalue weighted by Crippen LogP contribution is 2.20. The van der Waals surface area contributed by atoms with Crippen LogP contribution in [-0.4, -0.2) is 39.2 Å². The van der Waals surface area contributed by atoms with Crippen LogP contribution in [0.5, 0.6) is 0 Å². The molecule has 116 valence electrons.